The molecular weight excluding hydrogens is 356 g/mol. The number of hydrogen-bond donors (Lipinski definition) is 1. The Hall–Kier alpha value is -2.19. The lowest BCUT2D eigenvalue weighted by Crippen LogP contribution is -2.42. The molecule has 7 nitrogen and oxygen atoms in total. The lowest BCUT2D eigenvalue weighted by atomic mass is 10.1. The zero-order valence-electron chi connectivity index (χ0n) is 15.2. The SMILES string of the molecule is CCOS(=O)(=O)c1ccc(CCNC(=O)N2CC(C)=C(CC)C2=O)cc1. The number of rotatable bonds is 7. The van der Waals surface area contributed by atoms with Crippen LogP contribution >= 0.6 is 0 Å². The van der Waals surface area contributed by atoms with Gasteiger partial charge < -0.3 is 5.32 Å². The zero-order valence-corrected chi connectivity index (χ0v) is 16.1. The van der Waals surface area contributed by atoms with Gasteiger partial charge in [-0.3, -0.25) is 13.9 Å². The molecule has 0 aliphatic carbocycles. The fourth-order valence-corrected chi connectivity index (χ4v) is 3.74. The van der Waals surface area contributed by atoms with Crippen molar-refractivity contribution < 1.29 is 22.2 Å². The van der Waals surface area contributed by atoms with Crippen molar-refractivity contribution in [2.75, 3.05) is 19.7 Å². The van der Waals surface area contributed by atoms with Crippen molar-refractivity contribution in [3.63, 3.8) is 0 Å². The van der Waals surface area contributed by atoms with Crippen molar-refractivity contribution in [2.45, 2.75) is 38.5 Å². The lowest BCUT2D eigenvalue weighted by Gasteiger charge is -2.16. The summed E-state index contributed by atoms with van der Waals surface area (Å²) in [6.45, 7) is 6.13. The van der Waals surface area contributed by atoms with Crippen molar-refractivity contribution in [2.24, 2.45) is 0 Å². The van der Waals surface area contributed by atoms with Crippen LogP contribution in [0.15, 0.2) is 40.3 Å². The second-order valence-electron chi connectivity index (χ2n) is 5.99. The minimum absolute atomic E-state index is 0.0828. The molecule has 2 rings (SSSR count). The van der Waals surface area contributed by atoms with E-state index in [1.807, 2.05) is 13.8 Å². The maximum absolute atomic E-state index is 12.2. The van der Waals surface area contributed by atoms with Gasteiger partial charge in [-0.2, -0.15) is 8.42 Å². The second-order valence-corrected chi connectivity index (χ2v) is 7.61. The van der Waals surface area contributed by atoms with Gasteiger partial charge in [0.2, 0.25) is 0 Å². The molecule has 142 valence electrons. The molecule has 1 aliphatic heterocycles. The predicted octanol–water partition coefficient (Wildman–Crippen LogP) is 2.23. The highest BCUT2D eigenvalue weighted by molar-refractivity contribution is 7.86. The molecule has 0 spiro atoms. The fourth-order valence-electron chi connectivity index (χ4n) is 2.82. The van der Waals surface area contributed by atoms with E-state index in [4.69, 9.17) is 4.18 Å². The summed E-state index contributed by atoms with van der Waals surface area (Å²) < 4.78 is 28.3. The fraction of sp³-hybridized carbons (Fsp3) is 0.444. The Bertz CT molecular complexity index is 812. The summed E-state index contributed by atoms with van der Waals surface area (Å²) in [5, 5.41) is 2.73. The third-order valence-electron chi connectivity index (χ3n) is 4.19. The molecule has 1 aromatic rings. The molecule has 8 heteroatoms. The number of imide groups is 1. The van der Waals surface area contributed by atoms with Crippen molar-refractivity contribution in [3.8, 4) is 0 Å². The first-order chi connectivity index (χ1) is 12.3. The summed E-state index contributed by atoms with van der Waals surface area (Å²) in [6.07, 6.45) is 1.14. The first kappa shape index (κ1) is 20.1. The molecule has 0 radical (unpaired) electrons. The van der Waals surface area contributed by atoms with Gasteiger partial charge in [0.05, 0.1) is 18.0 Å². The smallest absolute Gasteiger partial charge is 0.324 e. The molecule has 3 amide bonds. The van der Waals surface area contributed by atoms with E-state index < -0.39 is 16.1 Å². The monoisotopic (exact) mass is 380 g/mol. The summed E-state index contributed by atoms with van der Waals surface area (Å²) >= 11 is 0. The normalized spacial score (nSPS) is 14.9. The summed E-state index contributed by atoms with van der Waals surface area (Å²) in [4.78, 5) is 25.6. The van der Waals surface area contributed by atoms with Gasteiger partial charge in [-0.05, 0) is 50.0 Å². The minimum Gasteiger partial charge on any atom is -0.337 e. The van der Waals surface area contributed by atoms with Crippen molar-refractivity contribution >= 4 is 22.1 Å². The molecule has 1 N–H and O–H groups in total. The van der Waals surface area contributed by atoms with E-state index in [0.29, 0.717) is 31.5 Å². The third kappa shape index (κ3) is 4.50. The third-order valence-corrected chi connectivity index (χ3v) is 5.58. The minimum atomic E-state index is -3.71. The van der Waals surface area contributed by atoms with E-state index in [1.165, 1.54) is 17.0 Å². The van der Waals surface area contributed by atoms with Gasteiger partial charge in [-0.1, -0.05) is 19.1 Å². The number of carbonyl (C=O) groups excluding carboxylic acids is 2. The Morgan fingerprint density at radius 1 is 1.23 bits per heavy atom. The number of urea groups is 1. The molecule has 0 unspecified atom stereocenters. The second kappa shape index (κ2) is 8.46. The highest BCUT2D eigenvalue weighted by Gasteiger charge is 2.31. The molecule has 0 saturated carbocycles. The molecular formula is C18H24N2O5S. The standard InChI is InChI=1S/C18H24N2O5S/c1-4-16-13(3)12-20(17(16)21)18(22)19-11-10-14-6-8-15(9-7-14)26(23,24)25-5-2/h6-9H,4-5,10-12H2,1-3H3,(H,19,22). The van der Waals surface area contributed by atoms with Crippen LogP contribution < -0.4 is 5.32 Å². The number of benzene rings is 1. The Balaban J connectivity index is 1.87. The van der Waals surface area contributed by atoms with Crippen LogP contribution in [0.1, 0.15) is 32.8 Å². The van der Waals surface area contributed by atoms with Crippen LogP contribution in [0.5, 0.6) is 0 Å². The van der Waals surface area contributed by atoms with Crippen molar-refractivity contribution in [1.29, 1.82) is 0 Å². The van der Waals surface area contributed by atoms with Gasteiger partial charge in [0.1, 0.15) is 0 Å². The summed E-state index contributed by atoms with van der Waals surface area (Å²) in [7, 11) is -3.71. The van der Waals surface area contributed by atoms with Crippen LogP contribution in [0.25, 0.3) is 0 Å². The Morgan fingerprint density at radius 3 is 2.42 bits per heavy atom. The van der Waals surface area contributed by atoms with Crippen LogP contribution in [0.3, 0.4) is 0 Å². The number of hydrogen-bond acceptors (Lipinski definition) is 5. The predicted molar refractivity (Wildman–Crippen MR) is 97.1 cm³/mol. The van der Waals surface area contributed by atoms with E-state index in [-0.39, 0.29) is 17.4 Å². The van der Waals surface area contributed by atoms with Gasteiger partial charge in [0.15, 0.2) is 0 Å². The van der Waals surface area contributed by atoms with E-state index in [2.05, 4.69) is 5.32 Å². The Kier molecular flexibility index (Phi) is 6.55. The first-order valence-electron chi connectivity index (χ1n) is 8.56. The van der Waals surface area contributed by atoms with Gasteiger partial charge in [0, 0.05) is 12.1 Å². The summed E-state index contributed by atoms with van der Waals surface area (Å²) in [5.74, 6) is -0.229. The molecule has 1 aliphatic rings. The zero-order chi connectivity index (χ0) is 19.3. The molecule has 0 saturated heterocycles. The highest BCUT2D eigenvalue weighted by Crippen LogP contribution is 2.21. The van der Waals surface area contributed by atoms with Gasteiger partial charge >= 0.3 is 6.03 Å². The molecule has 0 fully saturated rings. The molecule has 1 heterocycles. The van der Waals surface area contributed by atoms with Crippen LogP contribution in [-0.4, -0.2) is 45.0 Å². The maximum atomic E-state index is 12.2. The van der Waals surface area contributed by atoms with Gasteiger partial charge in [-0.15, -0.1) is 0 Å². The summed E-state index contributed by atoms with van der Waals surface area (Å²) in [6, 6.07) is 5.91. The topological polar surface area (TPSA) is 92.8 Å². The molecule has 0 aromatic heterocycles. The molecule has 26 heavy (non-hydrogen) atoms. The largest absolute Gasteiger partial charge is 0.337 e. The van der Waals surface area contributed by atoms with Crippen LogP contribution in [0, 0.1) is 0 Å². The summed E-state index contributed by atoms with van der Waals surface area (Å²) in [5.41, 5.74) is 2.50. The number of amides is 3. The molecule has 0 bridgehead atoms. The van der Waals surface area contributed by atoms with E-state index in [9.17, 15) is 18.0 Å². The van der Waals surface area contributed by atoms with Crippen LogP contribution in [-0.2, 0) is 25.5 Å². The average Bonchev–Trinajstić information content (AvgIpc) is 2.89. The highest BCUT2D eigenvalue weighted by atomic mass is 32.2. The van der Waals surface area contributed by atoms with Crippen molar-refractivity contribution in [1.82, 2.24) is 10.2 Å². The van der Waals surface area contributed by atoms with E-state index in [1.54, 1.807) is 19.1 Å². The van der Waals surface area contributed by atoms with Crippen molar-refractivity contribution in [3.05, 3.63) is 41.0 Å². The number of carbonyl (C=O) groups is 2. The van der Waals surface area contributed by atoms with Gasteiger partial charge in [-0.25, -0.2) is 4.79 Å². The maximum Gasteiger partial charge on any atom is 0.324 e. The molecule has 1 aromatic carbocycles. The molecule has 0 atom stereocenters. The quantitative estimate of drug-likeness (QED) is 0.732. The van der Waals surface area contributed by atoms with Crippen LogP contribution in [0.2, 0.25) is 0 Å². The van der Waals surface area contributed by atoms with E-state index in [0.717, 1.165) is 11.1 Å². The number of nitrogens with zero attached hydrogens (tertiary/aromatic N) is 1. The van der Waals surface area contributed by atoms with Crippen LogP contribution in [0.4, 0.5) is 4.79 Å². The van der Waals surface area contributed by atoms with E-state index >= 15 is 0 Å². The Morgan fingerprint density at radius 2 is 1.88 bits per heavy atom. The lowest BCUT2D eigenvalue weighted by molar-refractivity contribution is -0.123. The van der Waals surface area contributed by atoms with Gasteiger partial charge in [0.25, 0.3) is 16.0 Å². The first-order valence-corrected chi connectivity index (χ1v) is 9.97. The average molecular weight is 380 g/mol. The Labute approximate surface area is 154 Å². The number of nitrogens with one attached hydrogen (secondary N) is 1.